The molecule has 2 aromatic rings. The van der Waals surface area contributed by atoms with Gasteiger partial charge in [-0.2, -0.15) is 4.31 Å². The minimum atomic E-state index is -3.13. The highest BCUT2D eigenvalue weighted by Gasteiger charge is 2.29. The third-order valence-electron chi connectivity index (χ3n) is 3.44. The molecule has 0 N–H and O–H groups in total. The molecule has 21 heavy (non-hydrogen) atoms. The normalized spacial score (nSPS) is 18.0. The van der Waals surface area contributed by atoms with Gasteiger partial charge in [0.15, 0.2) is 5.76 Å². The molecular formula is C14H16N2O4S. The zero-order valence-electron chi connectivity index (χ0n) is 11.7. The largest absolute Gasteiger partial charge is 0.497 e. The van der Waals surface area contributed by atoms with Crippen molar-refractivity contribution in [1.82, 2.24) is 9.29 Å². The highest BCUT2D eigenvalue weighted by atomic mass is 32.2. The molecule has 0 radical (unpaired) electrons. The number of hydrogen-bond donors (Lipinski definition) is 0. The zero-order valence-corrected chi connectivity index (χ0v) is 12.5. The smallest absolute Gasteiger partial charge is 0.214 e. The molecule has 0 saturated carbocycles. The second-order valence-electron chi connectivity index (χ2n) is 4.85. The van der Waals surface area contributed by atoms with Gasteiger partial charge in [-0.15, -0.1) is 0 Å². The van der Waals surface area contributed by atoms with Gasteiger partial charge in [-0.05, 0) is 30.7 Å². The molecule has 6 nitrogen and oxygen atoms in total. The van der Waals surface area contributed by atoms with E-state index in [4.69, 9.17) is 9.15 Å². The monoisotopic (exact) mass is 308 g/mol. The molecule has 0 bridgehead atoms. The lowest BCUT2D eigenvalue weighted by molar-refractivity contribution is 0.379. The molecule has 1 fully saturated rings. The van der Waals surface area contributed by atoms with E-state index in [1.54, 1.807) is 13.3 Å². The van der Waals surface area contributed by atoms with E-state index in [0.717, 1.165) is 11.3 Å². The Labute approximate surface area is 123 Å². The summed E-state index contributed by atoms with van der Waals surface area (Å²) in [5.74, 6) is 2.00. The lowest BCUT2D eigenvalue weighted by atomic mass is 10.2. The summed E-state index contributed by atoms with van der Waals surface area (Å²) in [5.41, 5.74) is 0.874. The fourth-order valence-corrected chi connectivity index (χ4v) is 3.76. The lowest BCUT2D eigenvalue weighted by Crippen LogP contribution is -2.25. The first-order chi connectivity index (χ1) is 10.1. The van der Waals surface area contributed by atoms with Gasteiger partial charge >= 0.3 is 0 Å². The number of hydrogen-bond acceptors (Lipinski definition) is 5. The highest BCUT2D eigenvalue weighted by molar-refractivity contribution is 7.89. The van der Waals surface area contributed by atoms with E-state index in [2.05, 4.69) is 4.98 Å². The number of oxazole rings is 1. The number of methoxy groups -OCH3 is 1. The van der Waals surface area contributed by atoms with Crippen molar-refractivity contribution in [1.29, 1.82) is 0 Å². The molecule has 1 aromatic heterocycles. The molecule has 2 heterocycles. The Morgan fingerprint density at radius 1 is 1.33 bits per heavy atom. The van der Waals surface area contributed by atoms with Crippen LogP contribution in [0.15, 0.2) is 34.9 Å². The summed E-state index contributed by atoms with van der Waals surface area (Å²) >= 11 is 0. The molecular weight excluding hydrogens is 292 g/mol. The first kappa shape index (κ1) is 14.1. The molecule has 0 amide bonds. The van der Waals surface area contributed by atoms with Crippen LogP contribution in [0.3, 0.4) is 0 Å². The van der Waals surface area contributed by atoms with Crippen LogP contribution in [-0.4, -0.2) is 37.1 Å². The Hall–Kier alpha value is -1.86. The predicted molar refractivity (Wildman–Crippen MR) is 77.3 cm³/mol. The van der Waals surface area contributed by atoms with Crippen molar-refractivity contribution in [3.8, 4) is 17.1 Å². The second kappa shape index (κ2) is 5.50. The fraction of sp³-hybridized carbons (Fsp3) is 0.357. The first-order valence-electron chi connectivity index (χ1n) is 6.65. The van der Waals surface area contributed by atoms with E-state index in [1.807, 2.05) is 24.3 Å². The molecule has 0 aliphatic carbocycles. The Bertz CT molecular complexity index is 722. The van der Waals surface area contributed by atoms with Crippen LogP contribution < -0.4 is 4.74 Å². The summed E-state index contributed by atoms with van der Waals surface area (Å²) < 4.78 is 35.7. The van der Waals surface area contributed by atoms with Crippen LogP contribution in [0, 0.1) is 0 Å². The molecule has 0 spiro atoms. The summed E-state index contributed by atoms with van der Waals surface area (Å²) in [5, 5.41) is 0. The number of ether oxygens (including phenoxy) is 1. The molecule has 0 atom stereocenters. The third kappa shape index (κ3) is 2.93. The summed E-state index contributed by atoms with van der Waals surface area (Å²) in [4.78, 5) is 4.16. The van der Waals surface area contributed by atoms with Crippen molar-refractivity contribution < 1.29 is 17.6 Å². The topological polar surface area (TPSA) is 72.6 Å². The van der Waals surface area contributed by atoms with Crippen LogP contribution in [0.4, 0.5) is 0 Å². The predicted octanol–water partition coefficient (Wildman–Crippen LogP) is 1.89. The molecule has 3 rings (SSSR count). The average Bonchev–Trinajstić information content (AvgIpc) is 3.07. The van der Waals surface area contributed by atoms with Crippen molar-refractivity contribution in [2.75, 3.05) is 19.4 Å². The van der Waals surface area contributed by atoms with E-state index < -0.39 is 10.0 Å². The van der Waals surface area contributed by atoms with E-state index in [9.17, 15) is 8.42 Å². The maximum atomic E-state index is 11.8. The fourth-order valence-electron chi connectivity index (χ4n) is 2.29. The summed E-state index contributed by atoms with van der Waals surface area (Å²) in [6.07, 6.45) is 2.27. The van der Waals surface area contributed by atoms with Crippen LogP contribution in [0.5, 0.6) is 5.75 Å². The zero-order chi connectivity index (χ0) is 14.9. The van der Waals surface area contributed by atoms with E-state index in [0.29, 0.717) is 24.6 Å². The van der Waals surface area contributed by atoms with Crippen LogP contribution in [0.1, 0.15) is 12.3 Å². The van der Waals surface area contributed by atoms with Gasteiger partial charge in [-0.1, -0.05) is 0 Å². The molecule has 1 aromatic carbocycles. The average molecular weight is 308 g/mol. The first-order valence-corrected chi connectivity index (χ1v) is 8.26. The van der Waals surface area contributed by atoms with Gasteiger partial charge in [-0.3, -0.25) is 0 Å². The van der Waals surface area contributed by atoms with Gasteiger partial charge in [0.2, 0.25) is 15.9 Å². The van der Waals surface area contributed by atoms with Gasteiger partial charge in [-0.25, -0.2) is 13.4 Å². The number of aromatic nitrogens is 1. The molecule has 112 valence electrons. The SMILES string of the molecule is COc1ccc(-c2cnc(CN3CCCS3(=O)=O)o2)cc1. The third-order valence-corrected chi connectivity index (χ3v) is 5.35. The van der Waals surface area contributed by atoms with Gasteiger partial charge in [0, 0.05) is 12.1 Å². The van der Waals surface area contributed by atoms with Crippen molar-refractivity contribution in [2.24, 2.45) is 0 Å². The Morgan fingerprint density at radius 2 is 2.10 bits per heavy atom. The van der Waals surface area contributed by atoms with Crippen LogP contribution in [-0.2, 0) is 16.6 Å². The van der Waals surface area contributed by atoms with Gasteiger partial charge < -0.3 is 9.15 Å². The van der Waals surface area contributed by atoms with Crippen LogP contribution >= 0.6 is 0 Å². The minimum Gasteiger partial charge on any atom is -0.497 e. The molecule has 1 saturated heterocycles. The van der Waals surface area contributed by atoms with Crippen molar-refractivity contribution in [3.05, 3.63) is 36.4 Å². The van der Waals surface area contributed by atoms with E-state index in [-0.39, 0.29) is 12.3 Å². The number of benzene rings is 1. The summed E-state index contributed by atoms with van der Waals surface area (Å²) in [6, 6.07) is 7.41. The molecule has 1 aliphatic rings. The van der Waals surface area contributed by atoms with E-state index >= 15 is 0 Å². The number of sulfonamides is 1. The number of rotatable bonds is 4. The van der Waals surface area contributed by atoms with Crippen LogP contribution in [0.2, 0.25) is 0 Å². The van der Waals surface area contributed by atoms with Gasteiger partial charge in [0.25, 0.3) is 0 Å². The van der Waals surface area contributed by atoms with E-state index in [1.165, 1.54) is 4.31 Å². The Kier molecular flexibility index (Phi) is 3.69. The number of nitrogens with zero attached hydrogens (tertiary/aromatic N) is 2. The minimum absolute atomic E-state index is 0.193. The van der Waals surface area contributed by atoms with Crippen molar-refractivity contribution >= 4 is 10.0 Å². The van der Waals surface area contributed by atoms with Gasteiger partial charge in [0.1, 0.15) is 5.75 Å². The summed E-state index contributed by atoms with van der Waals surface area (Å²) in [7, 11) is -1.52. The van der Waals surface area contributed by atoms with Crippen molar-refractivity contribution in [2.45, 2.75) is 13.0 Å². The van der Waals surface area contributed by atoms with Crippen molar-refractivity contribution in [3.63, 3.8) is 0 Å². The lowest BCUT2D eigenvalue weighted by Gasteiger charge is -2.10. The molecule has 0 unspecified atom stereocenters. The maximum absolute atomic E-state index is 11.8. The second-order valence-corrected chi connectivity index (χ2v) is 6.94. The molecule has 1 aliphatic heterocycles. The van der Waals surface area contributed by atoms with Crippen LogP contribution in [0.25, 0.3) is 11.3 Å². The summed E-state index contributed by atoms with van der Waals surface area (Å²) in [6.45, 7) is 0.723. The van der Waals surface area contributed by atoms with Gasteiger partial charge in [0.05, 0.1) is 25.6 Å². The quantitative estimate of drug-likeness (QED) is 0.862. The Morgan fingerprint density at radius 3 is 2.71 bits per heavy atom. The maximum Gasteiger partial charge on any atom is 0.214 e. The molecule has 7 heteroatoms. The Balaban J connectivity index is 1.76. The highest BCUT2D eigenvalue weighted by Crippen LogP contribution is 2.24. The standard InChI is InChI=1S/C14H16N2O4S/c1-19-12-5-3-11(4-6-12)13-9-15-14(20-13)10-16-7-2-8-21(16,17)18/h3-6,9H,2,7-8,10H2,1H3.